The summed E-state index contributed by atoms with van der Waals surface area (Å²) in [4.78, 5) is 23.5. The maximum absolute atomic E-state index is 12.0. The van der Waals surface area contributed by atoms with Crippen molar-refractivity contribution in [1.82, 2.24) is 5.32 Å². The maximum Gasteiger partial charge on any atom is 0.223 e. The Morgan fingerprint density at radius 1 is 1.16 bits per heavy atom. The predicted molar refractivity (Wildman–Crippen MR) is 82.0 cm³/mol. The lowest BCUT2D eigenvalue weighted by Gasteiger charge is -2.23. The van der Waals surface area contributed by atoms with E-state index >= 15 is 0 Å². The number of thiol groups is 1. The number of primary amides is 1. The van der Waals surface area contributed by atoms with Crippen molar-refractivity contribution in [3.63, 3.8) is 0 Å². The van der Waals surface area contributed by atoms with E-state index in [4.69, 9.17) is 5.73 Å². The predicted octanol–water partition coefficient (Wildman–Crippen LogP) is 1.98. The van der Waals surface area contributed by atoms with Crippen LogP contribution in [-0.4, -0.2) is 23.6 Å². The fraction of sp³-hybridized carbons (Fsp3) is 0.857. The Kier molecular flexibility index (Phi) is 8.89. The van der Waals surface area contributed by atoms with E-state index in [0.29, 0.717) is 18.8 Å². The van der Waals surface area contributed by atoms with Gasteiger partial charge in [-0.05, 0) is 44.8 Å². The molecule has 19 heavy (non-hydrogen) atoms. The van der Waals surface area contributed by atoms with Crippen LogP contribution >= 0.6 is 12.6 Å². The number of rotatable bonds is 9. The largest absolute Gasteiger partial charge is 0.369 e. The molecule has 0 fully saturated rings. The van der Waals surface area contributed by atoms with Gasteiger partial charge in [-0.15, -0.1) is 0 Å². The highest BCUT2D eigenvalue weighted by Crippen LogP contribution is 2.23. The van der Waals surface area contributed by atoms with Crippen LogP contribution in [0.15, 0.2) is 0 Å². The van der Waals surface area contributed by atoms with Gasteiger partial charge in [0.2, 0.25) is 11.8 Å². The SMILES string of the molecule is CCC(CC(CC(C)CS)C(N)=O)C(=O)NC(C)C. The molecule has 3 N–H and O–H groups in total. The third kappa shape index (κ3) is 7.45. The zero-order valence-electron chi connectivity index (χ0n) is 12.5. The number of nitrogens with one attached hydrogen (secondary N) is 1. The van der Waals surface area contributed by atoms with Gasteiger partial charge < -0.3 is 11.1 Å². The van der Waals surface area contributed by atoms with Crippen LogP contribution in [0.5, 0.6) is 0 Å². The van der Waals surface area contributed by atoms with Gasteiger partial charge in [0.15, 0.2) is 0 Å². The quantitative estimate of drug-likeness (QED) is 0.568. The van der Waals surface area contributed by atoms with Crippen molar-refractivity contribution in [2.24, 2.45) is 23.5 Å². The highest BCUT2D eigenvalue weighted by Gasteiger charge is 2.26. The smallest absolute Gasteiger partial charge is 0.223 e. The maximum atomic E-state index is 12.0. The van der Waals surface area contributed by atoms with Crippen molar-refractivity contribution < 1.29 is 9.59 Å². The molecule has 3 unspecified atom stereocenters. The summed E-state index contributed by atoms with van der Waals surface area (Å²) in [5, 5.41) is 2.90. The number of carbonyl (C=O) groups excluding carboxylic acids is 2. The van der Waals surface area contributed by atoms with Gasteiger partial charge in [0, 0.05) is 17.9 Å². The van der Waals surface area contributed by atoms with E-state index in [0.717, 1.165) is 12.2 Å². The van der Waals surface area contributed by atoms with Gasteiger partial charge in [0.05, 0.1) is 0 Å². The first-order chi connectivity index (χ1) is 8.81. The summed E-state index contributed by atoms with van der Waals surface area (Å²) in [6.45, 7) is 7.86. The first kappa shape index (κ1) is 18.3. The van der Waals surface area contributed by atoms with Crippen LogP contribution in [0, 0.1) is 17.8 Å². The molecular formula is C14H28N2O2S. The van der Waals surface area contributed by atoms with Gasteiger partial charge in [0.1, 0.15) is 0 Å². The van der Waals surface area contributed by atoms with E-state index in [9.17, 15) is 9.59 Å². The summed E-state index contributed by atoms with van der Waals surface area (Å²) in [5.41, 5.74) is 5.45. The number of hydrogen-bond acceptors (Lipinski definition) is 3. The van der Waals surface area contributed by atoms with Crippen molar-refractivity contribution >= 4 is 24.4 Å². The van der Waals surface area contributed by atoms with Crippen LogP contribution in [0.2, 0.25) is 0 Å². The Morgan fingerprint density at radius 2 is 1.74 bits per heavy atom. The van der Waals surface area contributed by atoms with Crippen LogP contribution in [-0.2, 0) is 9.59 Å². The van der Waals surface area contributed by atoms with Gasteiger partial charge in [-0.1, -0.05) is 13.8 Å². The van der Waals surface area contributed by atoms with E-state index in [1.807, 2.05) is 27.7 Å². The molecule has 0 spiro atoms. The standard InChI is InChI=1S/C14H28N2O2S/c1-5-11(14(18)16-9(2)3)7-12(13(15)17)6-10(4)8-19/h9-12,19H,5-8H2,1-4H3,(H2,15,17)(H,16,18). The van der Waals surface area contributed by atoms with Crippen LogP contribution < -0.4 is 11.1 Å². The summed E-state index contributed by atoms with van der Waals surface area (Å²) in [6, 6.07) is 0.116. The second-order valence-electron chi connectivity index (χ2n) is 5.63. The second kappa shape index (κ2) is 9.23. The van der Waals surface area contributed by atoms with Crippen molar-refractivity contribution in [1.29, 1.82) is 0 Å². The molecule has 0 rings (SSSR count). The molecule has 0 aliphatic rings. The molecular weight excluding hydrogens is 260 g/mol. The molecule has 0 aliphatic heterocycles. The van der Waals surface area contributed by atoms with Gasteiger partial charge in [-0.25, -0.2) is 0 Å². The van der Waals surface area contributed by atoms with Crippen LogP contribution in [0.4, 0.5) is 0 Å². The van der Waals surface area contributed by atoms with E-state index in [1.165, 1.54) is 0 Å². The highest BCUT2D eigenvalue weighted by molar-refractivity contribution is 7.80. The van der Waals surface area contributed by atoms with Gasteiger partial charge in [-0.3, -0.25) is 9.59 Å². The Labute approximate surface area is 122 Å². The average molecular weight is 288 g/mol. The highest BCUT2D eigenvalue weighted by atomic mass is 32.1. The van der Waals surface area contributed by atoms with Crippen LogP contribution in [0.25, 0.3) is 0 Å². The summed E-state index contributed by atoms with van der Waals surface area (Å²) >= 11 is 4.23. The van der Waals surface area contributed by atoms with Crippen molar-refractivity contribution in [3.8, 4) is 0 Å². The molecule has 0 aromatic rings. The van der Waals surface area contributed by atoms with Crippen molar-refractivity contribution in [2.45, 2.75) is 53.0 Å². The van der Waals surface area contributed by atoms with Gasteiger partial charge >= 0.3 is 0 Å². The molecule has 4 nitrogen and oxygen atoms in total. The lowest BCUT2D eigenvalue weighted by Crippen LogP contribution is -2.38. The number of amides is 2. The summed E-state index contributed by atoms with van der Waals surface area (Å²) < 4.78 is 0. The molecule has 0 aliphatic carbocycles. The Balaban J connectivity index is 4.60. The molecule has 0 saturated heterocycles. The first-order valence-corrected chi connectivity index (χ1v) is 7.65. The molecule has 0 aromatic heterocycles. The Hall–Kier alpha value is -0.710. The average Bonchev–Trinajstić information content (AvgIpc) is 2.32. The number of nitrogens with two attached hydrogens (primary N) is 1. The minimum atomic E-state index is -0.315. The molecule has 0 saturated carbocycles. The minimum Gasteiger partial charge on any atom is -0.369 e. The monoisotopic (exact) mass is 288 g/mol. The molecule has 0 bridgehead atoms. The molecule has 5 heteroatoms. The third-order valence-electron chi connectivity index (χ3n) is 3.26. The molecule has 0 heterocycles. The van der Waals surface area contributed by atoms with Crippen molar-refractivity contribution in [2.75, 3.05) is 5.75 Å². The fourth-order valence-corrected chi connectivity index (χ4v) is 2.24. The summed E-state index contributed by atoms with van der Waals surface area (Å²) in [5.74, 6) is 0.355. The molecule has 2 amide bonds. The lowest BCUT2D eigenvalue weighted by atomic mass is 9.86. The summed E-state index contributed by atoms with van der Waals surface area (Å²) in [6.07, 6.45) is 1.95. The second-order valence-corrected chi connectivity index (χ2v) is 5.99. The number of hydrogen-bond donors (Lipinski definition) is 3. The van der Waals surface area contributed by atoms with Crippen molar-refractivity contribution in [3.05, 3.63) is 0 Å². The van der Waals surface area contributed by atoms with E-state index in [2.05, 4.69) is 17.9 Å². The zero-order chi connectivity index (χ0) is 15.0. The molecule has 112 valence electrons. The van der Waals surface area contributed by atoms with Gasteiger partial charge in [-0.2, -0.15) is 12.6 Å². The van der Waals surface area contributed by atoms with Crippen LogP contribution in [0.1, 0.15) is 47.0 Å². The Bertz CT molecular complexity index is 295. The Morgan fingerprint density at radius 3 is 2.11 bits per heavy atom. The van der Waals surface area contributed by atoms with Crippen LogP contribution in [0.3, 0.4) is 0 Å². The zero-order valence-corrected chi connectivity index (χ0v) is 13.4. The molecule has 0 radical (unpaired) electrons. The normalized spacial score (nSPS) is 15.9. The topological polar surface area (TPSA) is 72.2 Å². The third-order valence-corrected chi connectivity index (χ3v) is 3.89. The summed E-state index contributed by atoms with van der Waals surface area (Å²) in [7, 11) is 0. The fourth-order valence-electron chi connectivity index (χ4n) is 2.09. The molecule has 3 atom stereocenters. The molecule has 0 aromatic carbocycles. The van der Waals surface area contributed by atoms with E-state index in [-0.39, 0.29) is 29.7 Å². The minimum absolute atomic E-state index is 0.0160. The number of carbonyl (C=O) groups is 2. The van der Waals surface area contributed by atoms with Gasteiger partial charge in [0.25, 0.3) is 0 Å². The lowest BCUT2D eigenvalue weighted by molar-refractivity contribution is -0.127. The van der Waals surface area contributed by atoms with E-state index < -0.39 is 0 Å². The van der Waals surface area contributed by atoms with E-state index in [1.54, 1.807) is 0 Å². The first-order valence-electron chi connectivity index (χ1n) is 7.02.